The number of nitrogens with one attached hydrogen (secondary N) is 2. The second-order valence-electron chi connectivity index (χ2n) is 8.29. The van der Waals surface area contributed by atoms with Gasteiger partial charge < -0.3 is 15.4 Å². The van der Waals surface area contributed by atoms with Crippen LogP contribution < -0.4 is 10.6 Å². The first kappa shape index (κ1) is 22.0. The lowest BCUT2D eigenvalue weighted by molar-refractivity contribution is 0.0528. The van der Waals surface area contributed by atoms with Crippen molar-refractivity contribution in [3.63, 3.8) is 0 Å². The van der Waals surface area contributed by atoms with Crippen LogP contribution >= 0.6 is 0 Å². The molecule has 0 bridgehead atoms. The standard InChI is InChI=1S/C24H34N2O2/c1-19(25-15-13-20-9-6-5-7-10-20)17-22-12-8-11-21(18-22)14-16-26-23(27)28-24(2,3)4/h5-12,18-19,25H,13-17H2,1-4H3,(H,26,27)/t19-/m1/s1. The minimum atomic E-state index is -0.465. The van der Waals surface area contributed by atoms with Crippen molar-refractivity contribution in [2.45, 2.75) is 58.6 Å². The summed E-state index contributed by atoms with van der Waals surface area (Å²) in [6.45, 7) is 9.37. The summed E-state index contributed by atoms with van der Waals surface area (Å²) < 4.78 is 5.26. The van der Waals surface area contributed by atoms with E-state index < -0.39 is 5.60 Å². The van der Waals surface area contributed by atoms with Gasteiger partial charge in [0.2, 0.25) is 0 Å². The summed E-state index contributed by atoms with van der Waals surface area (Å²) in [5.41, 5.74) is 3.44. The van der Waals surface area contributed by atoms with Crippen molar-refractivity contribution < 1.29 is 9.53 Å². The van der Waals surface area contributed by atoms with E-state index in [1.165, 1.54) is 16.7 Å². The van der Waals surface area contributed by atoms with Gasteiger partial charge >= 0.3 is 6.09 Å². The molecule has 0 heterocycles. The smallest absolute Gasteiger partial charge is 0.407 e. The van der Waals surface area contributed by atoms with Crippen LogP contribution in [0.4, 0.5) is 4.79 Å². The maximum atomic E-state index is 11.7. The van der Waals surface area contributed by atoms with Crippen LogP contribution in [0.2, 0.25) is 0 Å². The molecule has 4 heteroatoms. The van der Waals surface area contributed by atoms with Gasteiger partial charge in [-0.15, -0.1) is 0 Å². The van der Waals surface area contributed by atoms with Crippen LogP contribution in [-0.4, -0.2) is 30.8 Å². The Morgan fingerprint density at radius 2 is 1.57 bits per heavy atom. The molecule has 4 nitrogen and oxygen atoms in total. The van der Waals surface area contributed by atoms with E-state index >= 15 is 0 Å². The Kier molecular flexibility index (Phi) is 8.52. The Balaban J connectivity index is 1.72. The number of carbonyl (C=O) groups excluding carboxylic acids is 1. The Hall–Kier alpha value is -2.33. The van der Waals surface area contributed by atoms with E-state index in [0.29, 0.717) is 12.6 Å². The van der Waals surface area contributed by atoms with Gasteiger partial charge in [0.1, 0.15) is 5.60 Å². The van der Waals surface area contributed by atoms with Crippen LogP contribution in [0.5, 0.6) is 0 Å². The predicted molar refractivity (Wildman–Crippen MR) is 116 cm³/mol. The minimum Gasteiger partial charge on any atom is -0.444 e. The first-order chi connectivity index (χ1) is 13.3. The van der Waals surface area contributed by atoms with Crippen molar-refractivity contribution >= 4 is 6.09 Å². The zero-order valence-electron chi connectivity index (χ0n) is 17.6. The first-order valence-corrected chi connectivity index (χ1v) is 10.1. The number of carbonyl (C=O) groups is 1. The van der Waals surface area contributed by atoms with Crippen molar-refractivity contribution in [2.75, 3.05) is 13.1 Å². The number of ether oxygens (including phenoxy) is 1. The van der Waals surface area contributed by atoms with Gasteiger partial charge in [0.05, 0.1) is 0 Å². The maximum absolute atomic E-state index is 11.7. The SMILES string of the molecule is C[C@H](Cc1cccc(CCNC(=O)OC(C)(C)C)c1)NCCc1ccccc1. The average molecular weight is 383 g/mol. The largest absolute Gasteiger partial charge is 0.444 e. The molecule has 0 fully saturated rings. The molecule has 0 saturated carbocycles. The Morgan fingerprint density at radius 3 is 2.29 bits per heavy atom. The highest BCUT2D eigenvalue weighted by atomic mass is 16.6. The molecule has 0 aliphatic carbocycles. The van der Waals surface area contributed by atoms with Gasteiger partial charge in [-0.2, -0.15) is 0 Å². The van der Waals surface area contributed by atoms with Gasteiger partial charge in [0, 0.05) is 12.6 Å². The number of amides is 1. The Morgan fingerprint density at radius 1 is 0.929 bits per heavy atom. The van der Waals surface area contributed by atoms with Crippen LogP contribution in [-0.2, 0) is 24.0 Å². The van der Waals surface area contributed by atoms with Crippen molar-refractivity contribution in [1.29, 1.82) is 0 Å². The molecule has 0 aliphatic rings. The predicted octanol–water partition coefficient (Wildman–Crippen LogP) is 4.52. The molecule has 0 aromatic heterocycles. The van der Waals surface area contributed by atoms with Crippen LogP contribution in [0, 0.1) is 0 Å². The normalized spacial score (nSPS) is 12.4. The fourth-order valence-electron chi connectivity index (χ4n) is 3.07. The summed E-state index contributed by atoms with van der Waals surface area (Å²) in [7, 11) is 0. The molecular weight excluding hydrogens is 348 g/mol. The molecule has 2 aromatic rings. The highest BCUT2D eigenvalue weighted by molar-refractivity contribution is 5.67. The van der Waals surface area contributed by atoms with Crippen LogP contribution in [0.1, 0.15) is 44.4 Å². The highest BCUT2D eigenvalue weighted by Gasteiger charge is 2.15. The van der Waals surface area contributed by atoms with E-state index in [2.05, 4.69) is 72.2 Å². The maximum Gasteiger partial charge on any atom is 0.407 e. The summed E-state index contributed by atoms with van der Waals surface area (Å²) in [6, 6.07) is 19.6. The number of hydrogen-bond donors (Lipinski definition) is 2. The van der Waals surface area contributed by atoms with Gasteiger partial charge in [0.25, 0.3) is 0 Å². The third-order valence-corrected chi connectivity index (χ3v) is 4.36. The van der Waals surface area contributed by atoms with E-state index in [4.69, 9.17) is 4.74 Å². The molecule has 1 atom stereocenters. The monoisotopic (exact) mass is 382 g/mol. The van der Waals surface area contributed by atoms with Crippen molar-refractivity contribution in [2.24, 2.45) is 0 Å². The third kappa shape index (κ3) is 9.05. The topological polar surface area (TPSA) is 50.4 Å². The van der Waals surface area contributed by atoms with Gasteiger partial charge in [-0.25, -0.2) is 4.79 Å². The fraction of sp³-hybridized carbons (Fsp3) is 0.458. The number of rotatable bonds is 9. The summed E-state index contributed by atoms with van der Waals surface area (Å²) in [4.78, 5) is 11.7. The fourth-order valence-corrected chi connectivity index (χ4v) is 3.07. The van der Waals surface area contributed by atoms with E-state index in [-0.39, 0.29) is 6.09 Å². The molecular formula is C24H34N2O2. The molecule has 2 aromatic carbocycles. The first-order valence-electron chi connectivity index (χ1n) is 10.1. The molecule has 0 radical (unpaired) electrons. The van der Waals surface area contributed by atoms with E-state index in [1.807, 2.05) is 20.8 Å². The summed E-state index contributed by atoms with van der Waals surface area (Å²) in [6.07, 6.45) is 2.46. The number of benzene rings is 2. The molecule has 152 valence electrons. The van der Waals surface area contributed by atoms with E-state index in [1.54, 1.807) is 0 Å². The lowest BCUT2D eigenvalue weighted by Gasteiger charge is -2.19. The van der Waals surface area contributed by atoms with Gasteiger partial charge in [-0.05, 0) is 70.2 Å². The highest BCUT2D eigenvalue weighted by Crippen LogP contribution is 2.10. The van der Waals surface area contributed by atoms with Crippen LogP contribution in [0.15, 0.2) is 54.6 Å². The minimum absolute atomic E-state index is 0.361. The number of hydrogen-bond acceptors (Lipinski definition) is 3. The summed E-state index contributed by atoms with van der Waals surface area (Å²) in [5.74, 6) is 0. The third-order valence-electron chi connectivity index (χ3n) is 4.36. The molecule has 0 unspecified atom stereocenters. The molecule has 0 spiro atoms. The van der Waals surface area contributed by atoms with E-state index in [9.17, 15) is 4.79 Å². The molecule has 0 aliphatic heterocycles. The van der Waals surface area contributed by atoms with Crippen molar-refractivity contribution in [1.82, 2.24) is 10.6 Å². The van der Waals surface area contributed by atoms with Gasteiger partial charge in [0.15, 0.2) is 0 Å². The zero-order valence-corrected chi connectivity index (χ0v) is 17.6. The van der Waals surface area contributed by atoms with Crippen molar-refractivity contribution in [3.8, 4) is 0 Å². The summed E-state index contributed by atoms with van der Waals surface area (Å²) >= 11 is 0. The molecule has 2 N–H and O–H groups in total. The Labute approximate surface area is 169 Å². The molecule has 0 saturated heterocycles. The molecule has 1 amide bonds. The average Bonchev–Trinajstić information content (AvgIpc) is 2.61. The quantitative estimate of drug-likeness (QED) is 0.670. The Bertz CT molecular complexity index is 723. The van der Waals surface area contributed by atoms with Crippen molar-refractivity contribution in [3.05, 3.63) is 71.3 Å². The second-order valence-corrected chi connectivity index (χ2v) is 8.29. The zero-order chi connectivity index (χ0) is 20.4. The van der Waals surface area contributed by atoms with E-state index in [0.717, 1.165) is 25.8 Å². The van der Waals surface area contributed by atoms with Crippen LogP contribution in [0.25, 0.3) is 0 Å². The second kappa shape index (κ2) is 10.9. The lowest BCUT2D eigenvalue weighted by atomic mass is 10.0. The van der Waals surface area contributed by atoms with Crippen LogP contribution in [0.3, 0.4) is 0 Å². The number of alkyl carbamates (subject to hydrolysis) is 1. The lowest BCUT2D eigenvalue weighted by Crippen LogP contribution is -2.33. The molecule has 28 heavy (non-hydrogen) atoms. The van der Waals surface area contributed by atoms with Gasteiger partial charge in [-0.3, -0.25) is 0 Å². The summed E-state index contributed by atoms with van der Waals surface area (Å²) in [5, 5.41) is 6.42. The molecule has 2 rings (SSSR count). The van der Waals surface area contributed by atoms with Gasteiger partial charge in [-0.1, -0.05) is 54.6 Å².